The second kappa shape index (κ2) is 11.8. The zero-order chi connectivity index (χ0) is 23.7. The molecule has 0 aliphatic carbocycles. The smallest absolute Gasteiger partial charge is 0.293 e. The normalized spacial score (nSPS) is 11.3. The van der Waals surface area contributed by atoms with Gasteiger partial charge in [0.15, 0.2) is 0 Å². The number of anilines is 3. The number of rotatable bonds is 10. The second-order valence-corrected chi connectivity index (χ2v) is 8.35. The summed E-state index contributed by atoms with van der Waals surface area (Å²) in [6.07, 6.45) is 1.32. The summed E-state index contributed by atoms with van der Waals surface area (Å²) in [6.45, 7) is 5.09. The fraction of sp³-hybridized carbons (Fsp3) is 0.318. The largest absolute Gasteiger partial charge is 0.326 e. The Hall–Kier alpha value is -3.40. The molecule has 0 aromatic heterocycles. The molecule has 0 aliphatic rings. The molecule has 32 heavy (non-hydrogen) atoms. The molecule has 0 radical (unpaired) electrons. The standard InChI is InChI=1S/C22H26N4O5S/c1-4-5-20(22(29)24-17-9-7-16(8-10-17)23-15(3)27)32-13-21(28)25-18-11-6-14(2)12-19(18)26(30)31/h6-12,20H,4-5,13H2,1-3H3,(H,23,27)(H,24,29)(H,25,28). The highest BCUT2D eigenvalue weighted by Gasteiger charge is 2.21. The maximum Gasteiger partial charge on any atom is 0.293 e. The number of carbonyl (C=O) groups excluding carboxylic acids is 3. The van der Waals surface area contributed by atoms with Gasteiger partial charge in [0.2, 0.25) is 17.7 Å². The fourth-order valence-electron chi connectivity index (χ4n) is 2.88. The SMILES string of the molecule is CCCC(SCC(=O)Nc1ccc(C)cc1[N+](=O)[O-])C(=O)Nc1ccc(NC(C)=O)cc1. The first-order valence-electron chi connectivity index (χ1n) is 10.0. The van der Waals surface area contributed by atoms with Gasteiger partial charge in [-0.05, 0) is 49.2 Å². The minimum absolute atomic E-state index is 0.0232. The Morgan fingerprint density at radius 1 is 1.03 bits per heavy atom. The van der Waals surface area contributed by atoms with Crippen molar-refractivity contribution in [2.24, 2.45) is 0 Å². The summed E-state index contributed by atoms with van der Waals surface area (Å²) in [5.74, 6) is -0.867. The van der Waals surface area contributed by atoms with Crippen LogP contribution in [0.4, 0.5) is 22.7 Å². The van der Waals surface area contributed by atoms with Crippen molar-refractivity contribution in [3.63, 3.8) is 0 Å². The van der Waals surface area contributed by atoms with E-state index in [-0.39, 0.29) is 28.9 Å². The van der Waals surface area contributed by atoms with Gasteiger partial charge in [0, 0.05) is 24.4 Å². The van der Waals surface area contributed by atoms with Gasteiger partial charge < -0.3 is 16.0 Å². The summed E-state index contributed by atoms with van der Waals surface area (Å²) in [6, 6.07) is 11.3. The molecule has 1 atom stereocenters. The molecule has 3 amide bonds. The number of benzene rings is 2. The summed E-state index contributed by atoms with van der Waals surface area (Å²) in [4.78, 5) is 46.8. The quantitative estimate of drug-likeness (QED) is 0.359. The Kier molecular flexibility index (Phi) is 9.21. The molecule has 0 saturated carbocycles. The van der Waals surface area contributed by atoms with Crippen molar-refractivity contribution in [3.05, 3.63) is 58.1 Å². The molecule has 170 valence electrons. The average molecular weight is 459 g/mol. The number of hydrogen-bond donors (Lipinski definition) is 3. The van der Waals surface area contributed by atoms with Crippen LogP contribution in [0.3, 0.4) is 0 Å². The van der Waals surface area contributed by atoms with Crippen molar-refractivity contribution in [1.29, 1.82) is 0 Å². The summed E-state index contributed by atoms with van der Waals surface area (Å²) < 4.78 is 0. The topological polar surface area (TPSA) is 130 Å². The molecule has 2 aromatic carbocycles. The molecule has 0 spiro atoms. The van der Waals surface area contributed by atoms with Gasteiger partial charge in [-0.25, -0.2) is 0 Å². The van der Waals surface area contributed by atoms with E-state index in [0.717, 1.165) is 6.42 Å². The highest BCUT2D eigenvalue weighted by Crippen LogP contribution is 2.26. The number of thioether (sulfide) groups is 1. The monoisotopic (exact) mass is 458 g/mol. The molecule has 0 saturated heterocycles. The van der Waals surface area contributed by atoms with Crippen LogP contribution in [0.5, 0.6) is 0 Å². The predicted molar refractivity (Wildman–Crippen MR) is 127 cm³/mol. The van der Waals surface area contributed by atoms with Gasteiger partial charge in [0.1, 0.15) is 5.69 Å². The minimum atomic E-state index is -0.541. The van der Waals surface area contributed by atoms with Crippen molar-refractivity contribution in [1.82, 2.24) is 0 Å². The number of nitrogens with zero attached hydrogens (tertiary/aromatic N) is 1. The Morgan fingerprint density at radius 2 is 1.66 bits per heavy atom. The van der Waals surface area contributed by atoms with Gasteiger partial charge >= 0.3 is 0 Å². The Labute approximate surface area is 190 Å². The highest BCUT2D eigenvalue weighted by atomic mass is 32.2. The third-order valence-electron chi connectivity index (χ3n) is 4.36. The zero-order valence-electron chi connectivity index (χ0n) is 18.1. The molecule has 2 aromatic rings. The predicted octanol–water partition coefficient (Wildman–Crippen LogP) is 4.34. The first kappa shape index (κ1) is 24.9. The van der Waals surface area contributed by atoms with E-state index in [4.69, 9.17) is 0 Å². The van der Waals surface area contributed by atoms with Crippen molar-refractivity contribution in [2.75, 3.05) is 21.7 Å². The molecule has 9 nitrogen and oxygen atoms in total. The third-order valence-corrected chi connectivity index (χ3v) is 5.64. The fourth-order valence-corrected chi connectivity index (χ4v) is 3.91. The van der Waals surface area contributed by atoms with E-state index in [1.165, 1.54) is 30.8 Å². The van der Waals surface area contributed by atoms with Gasteiger partial charge in [-0.1, -0.05) is 19.4 Å². The molecule has 0 aliphatic heterocycles. The molecule has 0 bridgehead atoms. The lowest BCUT2D eigenvalue weighted by atomic mass is 10.2. The van der Waals surface area contributed by atoms with E-state index in [9.17, 15) is 24.5 Å². The molecule has 0 fully saturated rings. The lowest BCUT2D eigenvalue weighted by molar-refractivity contribution is -0.384. The van der Waals surface area contributed by atoms with Crippen molar-refractivity contribution in [2.45, 2.75) is 38.9 Å². The zero-order valence-corrected chi connectivity index (χ0v) is 19.0. The molecule has 0 heterocycles. The van der Waals surface area contributed by atoms with Crippen LogP contribution in [-0.2, 0) is 14.4 Å². The Morgan fingerprint density at radius 3 is 2.22 bits per heavy atom. The van der Waals surface area contributed by atoms with E-state index >= 15 is 0 Å². The van der Waals surface area contributed by atoms with Crippen LogP contribution in [-0.4, -0.2) is 33.6 Å². The molecule has 2 rings (SSSR count). The van der Waals surface area contributed by atoms with Gasteiger partial charge in [0.05, 0.1) is 15.9 Å². The number of nitrogens with one attached hydrogen (secondary N) is 3. The summed E-state index contributed by atoms with van der Waals surface area (Å²) in [5.41, 5.74) is 1.87. The lowest BCUT2D eigenvalue weighted by Crippen LogP contribution is -2.27. The van der Waals surface area contributed by atoms with Crippen molar-refractivity contribution < 1.29 is 19.3 Å². The van der Waals surface area contributed by atoms with Crippen molar-refractivity contribution in [3.8, 4) is 0 Å². The molecule has 3 N–H and O–H groups in total. The van der Waals surface area contributed by atoms with Crippen LogP contribution in [0.1, 0.15) is 32.3 Å². The van der Waals surface area contributed by atoms with Crippen LogP contribution in [0.25, 0.3) is 0 Å². The van der Waals surface area contributed by atoms with E-state index in [1.54, 1.807) is 37.3 Å². The van der Waals surface area contributed by atoms with Crippen molar-refractivity contribution >= 4 is 52.2 Å². The van der Waals surface area contributed by atoms with E-state index in [1.807, 2.05) is 6.92 Å². The van der Waals surface area contributed by atoms with Crippen LogP contribution >= 0.6 is 11.8 Å². The first-order chi connectivity index (χ1) is 15.2. The molecule has 1 unspecified atom stereocenters. The maximum atomic E-state index is 12.7. The number of hydrogen-bond acceptors (Lipinski definition) is 6. The maximum absolute atomic E-state index is 12.7. The minimum Gasteiger partial charge on any atom is -0.326 e. The Balaban J connectivity index is 1.96. The molecular formula is C22H26N4O5S. The van der Waals surface area contributed by atoms with E-state index in [2.05, 4.69) is 16.0 Å². The van der Waals surface area contributed by atoms with Gasteiger partial charge in [0.25, 0.3) is 5.69 Å². The van der Waals surface area contributed by atoms with Gasteiger partial charge in [-0.15, -0.1) is 11.8 Å². The molecular weight excluding hydrogens is 432 g/mol. The first-order valence-corrected chi connectivity index (χ1v) is 11.1. The summed E-state index contributed by atoms with van der Waals surface area (Å²) >= 11 is 1.18. The number of aryl methyl sites for hydroxylation is 1. The lowest BCUT2D eigenvalue weighted by Gasteiger charge is -2.16. The van der Waals surface area contributed by atoms with Crippen LogP contribution in [0, 0.1) is 17.0 Å². The molecule has 10 heteroatoms. The summed E-state index contributed by atoms with van der Waals surface area (Å²) in [7, 11) is 0. The average Bonchev–Trinajstić information content (AvgIpc) is 2.73. The van der Waals surface area contributed by atoms with E-state index < -0.39 is 16.1 Å². The number of carbonyl (C=O) groups is 3. The van der Waals surface area contributed by atoms with Crippen LogP contribution < -0.4 is 16.0 Å². The summed E-state index contributed by atoms with van der Waals surface area (Å²) in [5, 5.41) is 18.8. The van der Waals surface area contributed by atoms with Crippen LogP contribution in [0.15, 0.2) is 42.5 Å². The number of nitro benzene ring substituents is 1. The van der Waals surface area contributed by atoms with Crippen LogP contribution in [0.2, 0.25) is 0 Å². The highest BCUT2D eigenvalue weighted by molar-refractivity contribution is 8.01. The number of nitro groups is 1. The second-order valence-electron chi connectivity index (χ2n) is 7.16. The number of amides is 3. The van der Waals surface area contributed by atoms with Gasteiger partial charge in [-0.2, -0.15) is 0 Å². The Bertz CT molecular complexity index is 994. The van der Waals surface area contributed by atoms with Gasteiger partial charge in [-0.3, -0.25) is 24.5 Å². The van der Waals surface area contributed by atoms with E-state index in [0.29, 0.717) is 23.4 Å². The third kappa shape index (κ3) is 7.69.